The fourth-order valence-corrected chi connectivity index (χ4v) is 4.29. The summed E-state index contributed by atoms with van der Waals surface area (Å²) in [7, 11) is -2.93. The first kappa shape index (κ1) is 18.3. The maximum absolute atomic E-state index is 12.9. The van der Waals surface area contributed by atoms with Crippen molar-refractivity contribution in [1.29, 1.82) is 0 Å². The van der Waals surface area contributed by atoms with Crippen LogP contribution in [0.3, 0.4) is 0 Å². The topological polar surface area (TPSA) is 138 Å². The monoisotopic (exact) mass is 391 g/mol. The van der Waals surface area contributed by atoms with E-state index in [4.69, 9.17) is 5.11 Å². The molecule has 140 valence electrons. The molecule has 2 amide bonds. The second-order valence-corrected chi connectivity index (χ2v) is 7.60. The molecule has 0 aliphatic carbocycles. The van der Waals surface area contributed by atoms with Crippen LogP contribution in [0.1, 0.15) is 15.9 Å². The molecule has 1 aliphatic rings. The number of hydrogen-bond acceptors (Lipinski definition) is 6. The van der Waals surface area contributed by atoms with Crippen LogP contribution in [0.5, 0.6) is 0 Å². The maximum atomic E-state index is 12.9. The molecular formula is C16H13N3O7S. The van der Waals surface area contributed by atoms with Gasteiger partial charge in [-0.05, 0) is 23.8 Å². The van der Waals surface area contributed by atoms with Crippen LogP contribution < -0.4 is 4.90 Å². The Balaban J connectivity index is 2.04. The second-order valence-electron chi connectivity index (χ2n) is 5.76. The molecule has 10 nitrogen and oxygen atoms in total. The van der Waals surface area contributed by atoms with E-state index in [9.17, 15) is 28.1 Å². The Hall–Kier alpha value is -3.47. The summed E-state index contributed by atoms with van der Waals surface area (Å²) in [5, 5.41) is 19.8. The molecule has 11 heteroatoms. The first-order valence-electron chi connectivity index (χ1n) is 7.54. The summed E-state index contributed by atoms with van der Waals surface area (Å²) < 4.78 is 26.4. The van der Waals surface area contributed by atoms with E-state index in [-0.39, 0.29) is 28.4 Å². The molecule has 0 saturated heterocycles. The van der Waals surface area contributed by atoms with Gasteiger partial charge in [0.25, 0.3) is 15.7 Å². The lowest BCUT2D eigenvalue weighted by atomic mass is 10.2. The number of carboxylic acids is 1. The van der Waals surface area contributed by atoms with Crippen molar-refractivity contribution < 1.29 is 28.0 Å². The lowest BCUT2D eigenvalue weighted by molar-refractivity contribution is -0.384. The fourth-order valence-electron chi connectivity index (χ4n) is 2.66. The predicted octanol–water partition coefficient (Wildman–Crippen LogP) is 2.05. The summed E-state index contributed by atoms with van der Waals surface area (Å²) in [4.78, 5) is 34.6. The van der Waals surface area contributed by atoms with E-state index >= 15 is 0 Å². The van der Waals surface area contributed by atoms with Gasteiger partial charge in [-0.25, -0.2) is 22.3 Å². The zero-order chi connectivity index (χ0) is 19.9. The molecule has 0 bridgehead atoms. The highest BCUT2D eigenvalue weighted by molar-refractivity contribution is 7.90. The number of nitrogens with zero attached hydrogens (tertiary/aromatic N) is 3. The van der Waals surface area contributed by atoms with Crippen LogP contribution in [0.4, 0.5) is 16.2 Å². The van der Waals surface area contributed by atoms with E-state index in [0.29, 0.717) is 9.87 Å². The van der Waals surface area contributed by atoms with E-state index in [1.54, 1.807) is 0 Å². The van der Waals surface area contributed by atoms with E-state index in [1.165, 1.54) is 43.4 Å². The van der Waals surface area contributed by atoms with Crippen LogP contribution in [0.15, 0.2) is 47.4 Å². The summed E-state index contributed by atoms with van der Waals surface area (Å²) in [6, 6.07) is 7.77. The van der Waals surface area contributed by atoms with Crippen LogP contribution in [-0.4, -0.2) is 41.8 Å². The molecule has 0 spiro atoms. The number of hydrogen-bond donors (Lipinski definition) is 1. The van der Waals surface area contributed by atoms with Crippen LogP contribution >= 0.6 is 0 Å². The highest BCUT2D eigenvalue weighted by Gasteiger charge is 2.40. The number of fused-ring (bicyclic) bond motifs is 1. The number of non-ortho nitro benzene ring substituents is 1. The summed E-state index contributed by atoms with van der Waals surface area (Å²) in [5.74, 6) is -1.30. The number of nitro benzene ring substituents is 1. The Morgan fingerprint density at radius 1 is 1.19 bits per heavy atom. The van der Waals surface area contributed by atoms with Gasteiger partial charge in [-0.3, -0.25) is 15.0 Å². The summed E-state index contributed by atoms with van der Waals surface area (Å²) in [6.45, 7) is -0.347. The first-order valence-corrected chi connectivity index (χ1v) is 8.98. The molecule has 0 radical (unpaired) electrons. The van der Waals surface area contributed by atoms with Gasteiger partial charge < -0.3 is 5.11 Å². The zero-order valence-electron chi connectivity index (χ0n) is 13.9. The van der Waals surface area contributed by atoms with Gasteiger partial charge in [-0.15, -0.1) is 0 Å². The standard InChI is InChI=1S/C16H13N3O7S/c1-17-13-7-4-11(15(20)21)8-14(13)27(25,26)18(16(17)22)9-10-2-5-12(6-3-10)19(23)24/h2-8H,9H2,1H3,(H,20,21). The molecule has 1 heterocycles. The van der Waals surface area contributed by atoms with Crippen LogP contribution in [0.2, 0.25) is 0 Å². The van der Waals surface area contributed by atoms with Gasteiger partial charge in [0, 0.05) is 19.2 Å². The summed E-state index contributed by atoms with van der Waals surface area (Å²) >= 11 is 0. The second kappa shape index (κ2) is 6.36. The maximum Gasteiger partial charge on any atom is 0.338 e. The molecule has 27 heavy (non-hydrogen) atoms. The van der Waals surface area contributed by atoms with Crippen molar-refractivity contribution in [3.8, 4) is 0 Å². The summed E-state index contributed by atoms with van der Waals surface area (Å²) in [6.07, 6.45) is 0. The number of carboxylic acid groups (broad SMARTS) is 1. The van der Waals surface area contributed by atoms with Crippen molar-refractivity contribution in [2.24, 2.45) is 0 Å². The van der Waals surface area contributed by atoms with Crippen molar-refractivity contribution in [2.75, 3.05) is 11.9 Å². The number of nitro groups is 1. The van der Waals surface area contributed by atoms with Crippen molar-refractivity contribution in [3.05, 3.63) is 63.7 Å². The Morgan fingerprint density at radius 3 is 2.37 bits per heavy atom. The molecule has 0 unspecified atom stereocenters. The van der Waals surface area contributed by atoms with E-state index in [1.807, 2.05) is 0 Å². The van der Waals surface area contributed by atoms with Gasteiger partial charge in [-0.1, -0.05) is 12.1 Å². The SMILES string of the molecule is CN1C(=O)N(Cc2ccc([N+](=O)[O-])cc2)S(=O)(=O)c2cc(C(=O)O)ccc21. The number of benzene rings is 2. The highest BCUT2D eigenvalue weighted by atomic mass is 32.2. The zero-order valence-corrected chi connectivity index (χ0v) is 14.7. The largest absolute Gasteiger partial charge is 0.478 e. The third-order valence-electron chi connectivity index (χ3n) is 4.11. The molecule has 1 N–H and O–H groups in total. The van der Waals surface area contributed by atoms with Crippen LogP contribution in [0.25, 0.3) is 0 Å². The predicted molar refractivity (Wildman–Crippen MR) is 93.0 cm³/mol. The molecule has 2 aromatic carbocycles. The molecular weight excluding hydrogens is 378 g/mol. The van der Waals surface area contributed by atoms with Gasteiger partial charge in [0.1, 0.15) is 4.90 Å². The smallest absolute Gasteiger partial charge is 0.338 e. The molecule has 2 aromatic rings. The Labute approximate surface area is 153 Å². The number of urea groups is 1. The van der Waals surface area contributed by atoms with E-state index < -0.39 is 26.9 Å². The van der Waals surface area contributed by atoms with E-state index in [0.717, 1.165) is 11.0 Å². The quantitative estimate of drug-likeness (QED) is 0.622. The highest BCUT2D eigenvalue weighted by Crippen LogP contribution is 2.35. The third-order valence-corrected chi connectivity index (χ3v) is 5.86. The number of amides is 2. The van der Waals surface area contributed by atoms with E-state index in [2.05, 4.69) is 0 Å². The average molecular weight is 391 g/mol. The molecule has 0 aromatic heterocycles. The number of anilines is 1. The fraction of sp³-hybridized carbons (Fsp3) is 0.125. The minimum Gasteiger partial charge on any atom is -0.478 e. The van der Waals surface area contributed by atoms with Gasteiger partial charge in [-0.2, -0.15) is 0 Å². The molecule has 1 aliphatic heterocycles. The van der Waals surface area contributed by atoms with Crippen molar-refractivity contribution in [3.63, 3.8) is 0 Å². The van der Waals surface area contributed by atoms with Gasteiger partial charge in [0.2, 0.25) is 0 Å². The van der Waals surface area contributed by atoms with Crippen LogP contribution in [0, 0.1) is 10.1 Å². The van der Waals surface area contributed by atoms with Gasteiger partial charge in [0.05, 0.1) is 22.7 Å². The number of sulfonamides is 1. The lowest BCUT2D eigenvalue weighted by Gasteiger charge is -2.34. The number of rotatable bonds is 4. The Morgan fingerprint density at radius 2 is 1.81 bits per heavy atom. The summed E-state index contributed by atoms with van der Waals surface area (Å²) in [5.41, 5.74) is 0.0456. The van der Waals surface area contributed by atoms with Crippen molar-refractivity contribution in [2.45, 2.75) is 11.4 Å². The van der Waals surface area contributed by atoms with Crippen molar-refractivity contribution >= 4 is 33.4 Å². The lowest BCUT2D eigenvalue weighted by Crippen LogP contribution is -2.48. The number of carbonyl (C=O) groups excluding carboxylic acids is 1. The number of carbonyl (C=O) groups is 2. The first-order chi connectivity index (χ1) is 12.6. The molecule has 0 atom stereocenters. The minimum atomic E-state index is -4.30. The number of aromatic carboxylic acids is 1. The Bertz CT molecular complexity index is 1060. The third kappa shape index (κ3) is 3.08. The van der Waals surface area contributed by atoms with Gasteiger partial charge >= 0.3 is 12.0 Å². The average Bonchev–Trinajstić information content (AvgIpc) is 2.63. The normalized spacial score (nSPS) is 15.4. The van der Waals surface area contributed by atoms with Crippen molar-refractivity contribution in [1.82, 2.24) is 4.31 Å². The minimum absolute atomic E-state index is 0.0740. The molecule has 3 rings (SSSR count). The van der Waals surface area contributed by atoms with Gasteiger partial charge in [0.15, 0.2) is 0 Å². The molecule has 0 saturated carbocycles. The van der Waals surface area contributed by atoms with Crippen LogP contribution in [-0.2, 0) is 16.6 Å². The Kier molecular flexibility index (Phi) is 4.31. The molecule has 0 fully saturated rings.